The molecular formula is C20H24N2O2. The van der Waals surface area contributed by atoms with Crippen molar-refractivity contribution in [1.29, 1.82) is 0 Å². The first-order chi connectivity index (χ1) is 11.5. The number of nitrogens with zero attached hydrogens (tertiary/aromatic N) is 1. The van der Waals surface area contributed by atoms with Crippen molar-refractivity contribution < 1.29 is 9.53 Å². The Balaban J connectivity index is 2.09. The van der Waals surface area contributed by atoms with E-state index in [9.17, 15) is 4.79 Å². The lowest BCUT2D eigenvalue weighted by atomic mass is 10.0. The van der Waals surface area contributed by atoms with E-state index in [-0.39, 0.29) is 5.91 Å². The summed E-state index contributed by atoms with van der Waals surface area (Å²) in [5, 5.41) is 4.28. The second-order valence-corrected chi connectivity index (χ2v) is 5.86. The van der Waals surface area contributed by atoms with Crippen molar-refractivity contribution in [3.05, 3.63) is 65.2 Å². The van der Waals surface area contributed by atoms with Gasteiger partial charge in [-0.15, -0.1) is 0 Å². The van der Waals surface area contributed by atoms with Crippen LogP contribution in [-0.4, -0.2) is 18.7 Å². The molecule has 2 aromatic carbocycles. The van der Waals surface area contributed by atoms with Gasteiger partial charge < -0.3 is 4.74 Å². The number of methoxy groups -OCH3 is 1. The van der Waals surface area contributed by atoms with E-state index in [0.717, 1.165) is 23.4 Å². The molecule has 4 nitrogen and oxygen atoms in total. The van der Waals surface area contributed by atoms with Crippen LogP contribution in [0.3, 0.4) is 0 Å². The van der Waals surface area contributed by atoms with Gasteiger partial charge in [0.25, 0.3) is 5.91 Å². The fourth-order valence-corrected chi connectivity index (χ4v) is 2.33. The van der Waals surface area contributed by atoms with Crippen molar-refractivity contribution in [3.63, 3.8) is 0 Å². The number of hydrogen-bond donors (Lipinski definition) is 1. The van der Waals surface area contributed by atoms with E-state index < -0.39 is 0 Å². The predicted octanol–water partition coefficient (Wildman–Crippen LogP) is 4.36. The molecule has 0 unspecified atom stereocenters. The van der Waals surface area contributed by atoms with Crippen LogP contribution >= 0.6 is 0 Å². The van der Waals surface area contributed by atoms with Gasteiger partial charge in [0.15, 0.2) is 0 Å². The van der Waals surface area contributed by atoms with Gasteiger partial charge >= 0.3 is 0 Å². The number of rotatable bonds is 6. The maximum atomic E-state index is 12.2. The summed E-state index contributed by atoms with van der Waals surface area (Å²) in [4.78, 5) is 12.2. The van der Waals surface area contributed by atoms with Gasteiger partial charge in [0.1, 0.15) is 5.75 Å². The third kappa shape index (κ3) is 4.44. The van der Waals surface area contributed by atoms with Crippen LogP contribution in [0.25, 0.3) is 0 Å². The Bertz CT molecular complexity index is 701. The average molecular weight is 324 g/mol. The third-order valence-electron chi connectivity index (χ3n) is 3.89. The van der Waals surface area contributed by atoms with Crippen LogP contribution in [0.2, 0.25) is 0 Å². The van der Waals surface area contributed by atoms with E-state index in [1.165, 1.54) is 5.56 Å². The summed E-state index contributed by atoms with van der Waals surface area (Å²) in [6.07, 6.45) is 0.721. The smallest absolute Gasteiger partial charge is 0.271 e. The van der Waals surface area contributed by atoms with Crippen LogP contribution in [0.5, 0.6) is 5.75 Å². The van der Waals surface area contributed by atoms with Crippen molar-refractivity contribution in [2.24, 2.45) is 5.10 Å². The zero-order valence-corrected chi connectivity index (χ0v) is 14.7. The molecule has 0 aromatic heterocycles. The highest BCUT2D eigenvalue weighted by molar-refractivity contribution is 6.02. The lowest BCUT2D eigenvalue weighted by Gasteiger charge is -2.08. The van der Waals surface area contributed by atoms with E-state index in [1.807, 2.05) is 55.5 Å². The normalized spacial score (nSPS) is 11.5. The van der Waals surface area contributed by atoms with Crippen LogP contribution in [0.15, 0.2) is 53.6 Å². The predicted molar refractivity (Wildman–Crippen MR) is 97.8 cm³/mol. The van der Waals surface area contributed by atoms with Crippen molar-refractivity contribution in [2.75, 3.05) is 7.11 Å². The quantitative estimate of drug-likeness (QED) is 0.634. The van der Waals surface area contributed by atoms with Gasteiger partial charge in [0.2, 0.25) is 0 Å². The molecule has 2 rings (SSSR count). The molecule has 0 atom stereocenters. The van der Waals surface area contributed by atoms with Crippen molar-refractivity contribution in [2.45, 2.75) is 33.1 Å². The summed E-state index contributed by atoms with van der Waals surface area (Å²) in [7, 11) is 1.63. The molecule has 0 aliphatic heterocycles. The highest BCUT2D eigenvalue weighted by Gasteiger charge is 2.07. The van der Waals surface area contributed by atoms with Gasteiger partial charge in [0, 0.05) is 5.56 Å². The minimum absolute atomic E-state index is 0.204. The summed E-state index contributed by atoms with van der Waals surface area (Å²) in [5.74, 6) is 1.04. The Labute approximate surface area is 143 Å². The van der Waals surface area contributed by atoms with E-state index in [4.69, 9.17) is 4.74 Å². The van der Waals surface area contributed by atoms with Gasteiger partial charge in [-0.2, -0.15) is 5.10 Å². The molecule has 126 valence electrons. The molecule has 1 amide bonds. The first-order valence-electron chi connectivity index (χ1n) is 8.16. The monoisotopic (exact) mass is 324 g/mol. The van der Waals surface area contributed by atoms with Crippen LogP contribution < -0.4 is 10.2 Å². The third-order valence-corrected chi connectivity index (χ3v) is 3.89. The van der Waals surface area contributed by atoms with Gasteiger partial charge in [-0.25, -0.2) is 5.43 Å². The topological polar surface area (TPSA) is 50.7 Å². The summed E-state index contributed by atoms with van der Waals surface area (Å²) < 4.78 is 5.16. The molecular weight excluding hydrogens is 300 g/mol. The van der Waals surface area contributed by atoms with Gasteiger partial charge in [-0.3, -0.25) is 4.79 Å². The number of hydrazone groups is 1. The fourth-order valence-electron chi connectivity index (χ4n) is 2.33. The van der Waals surface area contributed by atoms with E-state index >= 15 is 0 Å². The molecule has 2 aromatic rings. The minimum atomic E-state index is -0.204. The summed E-state index contributed by atoms with van der Waals surface area (Å²) in [6.45, 7) is 6.26. The van der Waals surface area contributed by atoms with Gasteiger partial charge in [0.05, 0.1) is 12.8 Å². The molecule has 0 bridgehead atoms. The molecule has 0 aliphatic rings. The first-order valence-corrected chi connectivity index (χ1v) is 8.16. The van der Waals surface area contributed by atoms with Gasteiger partial charge in [-0.1, -0.05) is 32.9 Å². The molecule has 0 saturated heterocycles. The SMILES string of the molecule is CCC(=NNC(=O)c1ccc(C(C)C)cc1)c1ccc(OC)cc1. The van der Waals surface area contributed by atoms with Crippen molar-refractivity contribution in [3.8, 4) is 5.75 Å². The van der Waals surface area contributed by atoms with Gasteiger partial charge in [-0.05, 0) is 59.9 Å². The molecule has 0 radical (unpaired) electrons. The largest absolute Gasteiger partial charge is 0.497 e. The Morgan fingerprint density at radius 2 is 1.62 bits per heavy atom. The molecule has 4 heteroatoms. The highest BCUT2D eigenvalue weighted by Crippen LogP contribution is 2.15. The Morgan fingerprint density at radius 3 is 2.12 bits per heavy atom. The van der Waals surface area contributed by atoms with Crippen molar-refractivity contribution in [1.82, 2.24) is 5.43 Å². The Hall–Kier alpha value is -2.62. The molecule has 0 saturated carbocycles. The number of hydrogen-bond acceptors (Lipinski definition) is 3. The number of nitrogens with one attached hydrogen (secondary N) is 1. The number of benzene rings is 2. The lowest BCUT2D eigenvalue weighted by Crippen LogP contribution is -2.20. The number of carbonyl (C=O) groups is 1. The van der Waals surface area contributed by atoms with Crippen molar-refractivity contribution >= 4 is 11.6 Å². The highest BCUT2D eigenvalue weighted by atomic mass is 16.5. The standard InChI is InChI=1S/C20H24N2O2/c1-5-19(16-10-12-18(24-4)13-11-16)21-22-20(23)17-8-6-15(7-9-17)14(2)3/h6-14H,5H2,1-4H3,(H,22,23). The second-order valence-electron chi connectivity index (χ2n) is 5.86. The zero-order valence-electron chi connectivity index (χ0n) is 14.7. The lowest BCUT2D eigenvalue weighted by molar-refractivity contribution is 0.0955. The number of amides is 1. The molecule has 24 heavy (non-hydrogen) atoms. The van der Waals surface area contributed by atoms with Crippen LogP contribution in [0, 0.1) is 0 Å². The van der Waals surface area contributed by atoms with Crippen LogP contribution in [0.4, 0.5) is 0 Å². The minimum Gasteiger partial charge on any atom is -0.497 e. The van der Waals surface area contributed by atoms with Crippen LogP contribution in [-0.2, 0) is 0 Å². The summed E-state index contributed by atoms with van der Waals surface area (Å²) >= 11 is 0. The van der Waals surface area contributed by atoms with E-state index in [2.05, 4.69) is 24.4 Å². The number of ether oxygens (including phenoxy) is 1. The molecule has 1 N–H and O–H groups in total. The van der Waals surface area contributed by atoms with E-state index in [1.54, 1.807) is 7.11 Å². The fraction of sp³-hybridized carbons (Fsp3) is 0.300. The number of carbonyl (C=O) groups excluding carboxylic acids is 1. The molecule has 0 spiro atoms. The first kappa shape index (κ1) is 17.7. The van der Waals surface area contributed by atoms with E-state index in [0.29, 0.717) is 11.5 Å². The summed E-state index contributed by atoms with van der Waals surface area (Å²) in [6, 6.07) is 15.3. The average Bonchev–Trinajstić information content (AvgIpc) is 2.62. The Morgan fingerprint density at radius 1 is 1.04 bits per heavy atom. The van der Waals surface area contributed by atoms with Crippen LogP contribution in [0.1, 0.15) is 54.6 Å². The molecule has 0 aliphatic carbocycles. The summed E-state index contributed by atoms with van der Waals surface area (Å²) in [5.41, 5.74) is 6.25. The second kappa shape index (κ2) is 8.29. The molecule has 0 heterocycles. The zero-order chi connectivity index (χ0) is 17.5. The molecule has 0 fully saturated rings. The maximum Gasteiger partial charge on any atom is 0.271 e. The maximum absolute atomic E-state index is 12.2. The Kier molecular flexibility index (Phi) is 6.13.